The van der Waals surface area contributed by atoms with E-state index in [2.05, 4.69) is 55.8 Å². The summed E-state index contributed by atoms with van der Waals surface area (Å²) in [6.45, 7) is 15.1. The van der Waals surface area contributed by atoms with Gasteiger partial charge in [-0.15, -0.1) is 19.7 Å². The van der Waals surface area contributed by atoms with Gasteiger partial charge in [0.15, 0.2) is 0 Å². The Kier molecular flexibility index (Phi) is 6.46. The van der Waals surface area contributed by atoms with Crippen molar-refractivity contribution in [1.29, 1.82) is 0 Å². The summed E-state index contributed by atoms with van der Waals surface area (Å²) in [5.74, 6) is 0. The third-order valence-electron chi connectivity index (χ3n) is 4.55. The third kappa shape index (κ3) is 3.67. The molecule has 0 fully saturated rings. The maximum Gasteiger partial charge on any atom is 0.0583 e. The Balaban J connectivity index is 2.61. The maximum absolute atomic E-state index is 3.98. The van der Waals surface area contributed by atoms with Crippen molar-refractivity contribution < 1.29 is 0 Å². The second-order valence-electron chi connectivity index (χ2n) is 6.09. The van der Waals surface area contributed by atoms with Crippen LogP contribution < -0.4 is 0 Å². The van der Waals surface area contributed by atoms with E-state index in [1.165, 1.54) is 35.2 Å². The van der Waals surface area contributed by atoms with Gasteiger partial charge >= 0.3 is 0 Å². The Bertz CT molecular complexity index is 594. The minimum absolute atomic E-state index is 0.363. The lowest BCUT2D eigenvalue weighted by Gasteiger charge is -2.41. The number of hydrogen-bond acceptors (Lipinski definition) is 1. The van der Waals surface area contributed by atoms with Crippen LogP contribution in [0.3, 0.4) is 0 Å². The van der Waals surface area contributed by atoms with Gasteiger partial charge in [-0.2, -0.15) is 0 Å². The minimum atomic E-state index is 0.363. The Morgan fingerprint density at radius 3 is 2.52 bits per heavy atom. The summed E-state index contributed by atoms with van der Waals surface area (Å²) in [7, 11) is 0. The van der Waals surface area contributed by atoms with E-state index >= 15 is 0 Å². The molecule has 1 aromatic rings. The van der Waals surface area contributed by atoms with Crippen molar-refractivity contribution in [3.8, 4) is 0 Å². The SMILES string of the molecule is C=CCC1=C(CCCC)N(CC=C)C(CC=C)c2ccccc21. The second-order valence-corrected chi connectivity index (χ2v) is 6.09. The summed E-state index contributed by atoms with van der Waals surface area (Å²) < 4.78 is 0. The van der Waals surface area contributed by atoms with E-state index in [-0.39, 0.29) is 0 Å². The highest BCUT2D eigenvalue weighted by Gasteiger charge is 2.30. The fourth-order valence-electron chi connectivity index (χ4n) is 3.55. The Morgan fingerprint density at radius 2 is 1.87 bits per heavy atom. The van der Waals surface area contributed by atoms with E-state index in [4.69, 9.17) is 0 Å². The first-order valence-electron chi connectivity index (χ1n) is 8.69. The van der Waals surface area contributed by atoms with Crippen LogP contribution in [-0.4, -0.2) is 11.4 Å². The largest absolute Gasteiger partial charge is 0.363 e. The molecule has 0 radical (unpaired) electrons. The number of unbranched alkanes of at least 4 members (excludes halogenated alkanes) is 1. The molecule has 0 saturated carbocycles. The standard InChI is InChI=1S/C22H29N/c1-5-9-16-22-19(12-6-2)18-14-10-11-15-20(18)21(13-7-3)23(22)17-8-4/h6-8,10-11,14-15,21H,2-5,9,12-13,16-17H2,1H3. The topological polar surface area (TPSA) is 3.24 Å². The van der Waals surface area contributed by atoms with Crippen molar-refractivity contribution in [2.75, 3.05) is 6.54 Å². The molecule has 1 heteroatoms. The Labute approximate surface area is 141 Å². The second kappa shape index (κ2) is 8.57. The van der Waals surface area contributed by atoms with Gasteiger partial charge in [-0.05, 0) is 42.4 Å². The molecule has 0 bridgehead atoms. The molecule has 23 heavy (non-hydrogen) atoms. The molecule has 0 spiro atoms. The zero-order chi connectivity index (χ0) is 16.7. The number of benzene rings is 1. The molecule has 1 aromatic carbocycles. The van der Waals surface area contributed by atoms with Gasteiger partial charge in [0.2, 0.25) is 0 Å². The van der Waals surface area contributed by atoms with Crippen LogP contribution in [0.25, 0.3) is 5.57 Å². The fourth-order valence-corrected chi connectivity index (χ4v) is 3.55. The lowest BCUT2D eigenvalue weighted by Crippen LogP contribution is -2.33. The van der Waals surface area contributed by atoms with E-state index < -0.39 is 0 Å². The molecule has 0 aliphatic carbocycles. The van der Waals surface area contributed by atoms with Crippen LogP contribution in [0.4, 0.5) is 0 Å². The van der Waals surface area contributed by atoms with Gasteiger partial charge in [0.1, 0.15) is 0 Å². The van der Waals surface area contributed by atoms with E-state index in [9.17, 15) is 0 Å². The maximum atomic E-state index is 3.98. The number of nitrogens with zero attached hydrogens (tertiary/aromatic N) is 1. The van der Waals surface area contributed by atoms with E-state index in [0.29, 0.717) is 6.04 Å². The summed E-state index contributed by atoms with van der Waals surface area (Å²) in [5, 5.41) is 0. The summed E-state index contributed by atoms with van der Waals surface area (Å²) in [4.78, 5) is 2.53. The van der Waals surface area contributed by atoms with E-state index in [1.807, 2.05) is 18.2 Å². The van der Waals surface area contributed by atoms with Crippen molar-refractivity contribution in [2.24, 2.45) is 0 Å². The molecule has 0 aromatic heterocycles. The van der Waals surface area contributed by atoms with E-state index in [0.717, 1.165) is 25.8 Å². The predicted octanol–water partition coefficient (Wildman–Crippen LogP) is 6.28. The average Bonchev–Trinajstić information content (AvgIpc) is 2.57. The zero-order valence-corrected chi connectivity index (χ0v) is 14.4. The Morgan fingerprint density at radius 1 is 1.09 bits per heavy atom. The van der Waals surface area contributed by atoms with Crippen molar-refractivity contribution in [1.82, 2.24) is 4.90 Å². The monoisotopic (exact) mass is 307 g/mol. The molecule has 1 nitrogen and oxygen atoms in total. The first kappa shape index (κ1) is 17.3. The predicted molar refractivity (Wildman–Crippen MR) is 102 cm³/mol. The highest BCUT2D eigenvalue weighted by molar-refractivity contribution is 5.74. The molecule has 1 unspecified atom stereocenters. The van der Waals surface area contributed by atoms with Crippen LogP contribution in [0.2, 0.25) is 0 Å². The molecule has 0 amide bonds. The van der Waals surface area contributed by atoms with Gasteiger partial charge in [-0.1, -0.05) is 55.8 Å². The van der Waals surface area contributed by atoms with Gasteiger partial charge in [-0.25, -0.2) is 0 Å². The smallest absolute Gasteiger partial charge is 0.0583 e. The lowest BCUT2D eigenvalue weighted by molar-refractivity contribution is 0.266. The molecule has 2 rings (SSSR count). The van der Waals surface area contributed by atoms with Crippen molar-refractivity contribution in [2.45, 2.75) is 45.1 Å². The normalized spacial score (nSPS) is 16.9. The highest BCUT2D eigenvalue weighted by Crippen LogP contribution is 2.43. The lowest BCUT2D eigenvalue weighted by atomic mass is 9.84. The quantitative estimate of drug-likeness (QED) is 0.485. The molecule has 1 atom stereocenters. The summed E-state index contributed by atoms with van der Waals surface area (Å²) in [6, 6.07) is 9.18. The molecule has 1 aliphatic rings. The van der Waals surface area contributed by atoms with Gasteiger partial charge in [-0.3, -0.25) is 0 Å². The van der Waals surface area contributed by atoms with Crippen LogP contribution in [-0.2, 0) is 0 Å². The Hall–Kier alpha value is -2.02. The van der Waals surface area contributed by atoms with Crippen molar-refractivity contribution in [3.05, 3.63) is 79.1 Å². The number of allylic oxidation sites excluding steroid dienone is 3. The highest BCUT2D eigenvalue weighted by atomic mass is 15.2. The van der Waals surface area contributed by atoms with E-state index in [1.54, 1.807) is 0 Å². The zero-order valence-electron chi connectivity index (χ0n) is 14.4. The third-order valence-corrected chi connectivity index (χ3v) is 4.55. The van der Waals surface area contributed by atoms with Crippen LogP contribution >= 0.6 is 0 Å². The summed E-state index contributed by atoms with van der Waals surface area (Å²) >= 11 is 0. The summed E-state index contributed by atoms with van der Waals surface area (Å²) in [5.41, 5.74) is 5.71. The molecule has 1 aliphatic heterocycles. The molecule has 122 valence electrons. The van der Waals surface area contributed by atoms with Crippen LogP contribution in [0.1, 0.15) is 56.2 Å². The summed E-state index contributed by atoms with van der Waals surface area (Å²) in [6.07, 6.45) is 11.5. The van der Waals surface area contributed by atoms with Crippen LogP contribution in [0.5, 0.6) is 0 Å². The van der Waals surface area contributed by atoms with Gasteiger partial charge in [0, 0.05) is 12.2 Å². The number of fused-ring (bicyclic) bond motifs is 1. The average molecular weight is 307 g/mol. The molecule has 0 N–H and O–H groups in total. The number of hydrogen-bond donors (Lipinski definition) is 0. The van der Waals surface area contributed by atoms with Gasteiger partial charge in [0.05, 0.1) is 6.04 Å². The van der Waals surface area contributed by atoms with Crippen molar-refractivity contribution in [3.63, 3.8) is 0 Å². The van der Waals surface area contributed by atoms with Gasteiger partial charge < -0.3 is 4.90 Å². The molecular formula is C22H29N. The van der Waals surface area contributed by atoms with Crippen LogP contribution in [0.15, 0.2) is 67.9 Å². The number of rotatable bonds is 9. The first-order valence-corrected chi connectivity index (χ1v) is 8.69. The minimum Gasteiger partial charge on any atom is -0.363 e. The molecule has 1 heterocycles. The molecule has 0 saturated heterocycles. The van der Waals surface area contributed by atoms with Crippen LogP contribution in [0, 0.1) is 0 Å². The van der Waals surface area contributed by atoms with Crippen molar-refractivity contribution >= 4 is 5.57 Å². The van der Waals surface area contributed by atoms with Gasteiger partial charge in [0.25, 0.3) is 0 Å². The fraction of sp³-hybridized carbons (Fsp3) is 0.364. The first-order chi connectivity index (χ1) is 11.3. The molecular weight excluding hydrogens is 278 g/mol.